The molecule has 0 nitrogen and oxygen atoms in total. The van der Waals surface area contributed by atoms with Crippen LogP contribution in [0.25, 0.3) is 0 Å². The van der Waals surface area contributed by atoms with Crippen molar-refractivity contribution in [1.82, 2.24) is 0 Å². The summed E-state index contributed by atoms with van der Waals surface area (Å²) in [5, 5.41) is 1.21. The van der Waals surface area contributed by atoms with Crippen molar-refractivity contribution >= 4 is 15.9 Å². The molecule has 0 radical (unpaired) electrons. The lowest BCUT2D eigenvalue weighted by Crippen LogP contribution is -2.01. The third-order valence-electron chi connectivity index (χ3n) is 3.69. The van der Waals surface area contributed by atoms with Crippen LogP contribution in [-0.4, -0.2) is 5.33 Å². The van der Waals surface area contributed by atoms with E-state index in [0.29, 0.717) is 0 Å². The quantitative estimate of drug-likeness (QED) is 0.473. The molecule has 1 heteroatoms. The molecule has 1 rings (SSSR count). The molecular formula is C13H25Br. The van der Waals surface area contributed by atoms with Crippen molar-refractivity contribution in [1.29, 1.82) is 0 Å². The summed E-state index contributed by atoms with van der Waals surface area (Å²) in [7, 11) is 0. The van der Waals surface area contributed by atoms with Crippen LogP contribution in [0.4, 0.5) is 0 Å². The van der Waals surface area contributed by atoms with E-state index in [4.69, 9.17) is 0 Å². The highest BCUT2D eigenvalue weighted by Crippen LogP contribution is 2.31. The fourth-order valence-electron chi connectivity index (χ4n) is 2.68. The summed E-state index contributed by atoms with van der Waals surface area (Å²) < 4.78 is 0. The van der Waals surface area contributed by atoms with Crippen molar-refractivity contribution in [3.63, 3.8) is 0 Å². The maximum absolute atomic E-state index is 3.57. The second-order valence-electron chi connectivity index (χ2n) is 4.86. The highest BCUT2D eigenvalue weighted by molar-refractivity contribution is 9.09. The molecule has 1 saturated carbocycles. The van der Waals surface area contributed by atoms with Gasteiger partial charge in [-0.1, -0.05) is 74.2 Å². The molecule has 14 heavy (non-hydrogen) atoms. The molecule has 84 valence electrons. The van der Waals surface area contributed by atoms with Crippen LogP contribution in [0.15, 0.2) is 0 Å². The summed E-state index contributed by atoms with van der Waals surface area (Å²) in [5.74, 6) is 2.09. The molecule has 0 aliphatic heterocycles. The summed E-state index contributed by atoms with van der Waals surface area (Å²) in [5.41, 5.74) is 0. The predicted octanol–water partition coefficient (Wildman–Crippen LogP) is 5.16. The molecule has 1 aliphatic rings. The highest BCUT2D eigenvalue weighted by atomic mass is 79.9. The van der Waals surface area contributed by atoms with Crippen molar-refractivity contribution in [2.45, 2.75) is 64.7 Å². The third-order valence-corrected chi connectivity index (χ3v) is 4.15. The second kappa shape index (κ2) is 7.73. The standard InChI is InChI=1S/C13H25Br/c1-2-3-5-12-6-4-7-13(9-8-12)10-11-14/h12-13H,2-11H2,1H3. The van der Waals surface area contributed by atoms with Gasteiger partial charge in [-0.3, -0.25) is 0 Å². The summed E-state index contributed by atoms with van der Waals surface area (Å²) >= 11 is 3.57. The molecule has 0 saturated heterocycles. The predicted molar refractivity (Wildman–Crippen MR) is 68.0 cm³/mol. The lowest BCUT2D eigenvalue weighted by molar-refractivity contribution is 0.397. The van der Waals surface area contributed by atoms with Gasteiger partial charge in [0.2, 0.25) is 0 Å². The average molecular weight is 261 g/mol. The number of hydrogen-bond donors (Lipinski definition) is 0. The van der Waals surface area contributed by atoms with Crippen molar-refractivity contribution in [2.24, 2.45) is 11.8 Å². The Morgan fingerprint density at radius 3 is 2.21 bits per heavy atom. The van der Waals surface area contributed by atoms with Gasteiger partial charge in [0.1, 0.15) is 0 Å². The zero-order valence-electron chi connectivity index (χ0n) is 9.60. The van der Waals surface area contributed by atoms with Crippen LogP contribution >= 0.6 is 15.9 Å². The molecule has 2 atom stereocenters. The van der Waals surface area contributed by atoms with Crippen molar-refractivity contribution in [2.75, 3.05) is 5.33 Å². The van der Waals surface area contributed by atoms with Crippen LogP contribution in [0.2, 0.25) is 0 Å². The van der Waals surface area contributed by atoms with E-state index in [9.17, 15) is 0 Å². The van der Waals surface area contributed by atoms with E-state index in [2.05, 4.69) is 22.9 Å². The Kier molecular flexibility index (Phi) is 6.93. The highest BCUT2D eigenvalue weighted by Gasteiger charge is 2.17. The SMILES string of the molecule is CCCCC1CCCC(CCBr)CC1. The Morgan fingerprint density at radius 1 is 1.00 bits per heavy atom. The van der Waals surface area contributed by atoms with E-state index in [1.807, 2.05) is 0 Å². The van der Waals surface area contributed by atoms with Gasteiger partial charge in [0.05, 0.1) is 0 Å². The van der Waals surface area contributed by atoms with Crippen LogP contribution in [0.5, 0.6) is 0 Å². The van der Waals surface area contributed by atoms with E-state index >= 15 is 0 Å². The molecule has 0 heterocycles. The van der Waals surface area contributed by atoms with E-state index in [1.54, 1.807) is 0 Å². The fourth-order valence-corrected chi connectivity index (χ4v) is 3.33. The van der Waals surface area contributed by atoms with Crippen molar-refractivity contribution in [3.05, 3.63) is 0 Å². The third kappa shape index (κ3) is 4.82. The summed E-state index contributed by atoms with van der Waals surface area (Å²) in [6, 6.07) is 0. The van der Waals surface area contributed by atoms with E-state index < -0.39 is 0 Å². The molecule has 0 amide bonds. The molecule has 0 bridgehead atoms. The Morgan fingerprint density at radius 2 is 1.64 bits per heavy atom. The molecule has 0 spiro atoms. The maximum Gasteiger partial charge on any atom is 0.00339 e. The number of rotatable bonds is 5. The van der Waals surface area contributed by atoms with E-state index in [1.165, 1.54) is 63.1 Å². The summed E-state index contributed by atoms with van der Waals surface area (Å²) in [4.78, 5) is 0. The van der Waals surface area contributed by atoms with Gasteiger partial charge in [0.15, 0.2) is 0 Å². The Labute approximate surface area is 98.0 Å². The minimum Gasteiger partial charge on any atom is -0.0928 e. The number of hydrogen-bond acceptors (Lipinski definition) is 0. The molecule has 0 aromatic rings. The smallest absolute Gasteiger partial charge is 0.00339 e. The maximum atomic E-state index is 3.57. The van der Waals surface area contributed by atoms with Gasteiger partial charge in [0.25, 0.3) is 0 Å². The Balaban J connectivity index is 2.19. The molecule has 0 aromatic carbocycles. The summed E-state index contributed by atoms with van der Waals surface area (Å²) in [6.07, 6.45) is 13.2. The van der Waals surface area contributed by atoms with Crippen LogP contribution in [-0.2, 0) is 0 Å². The first-order valence-corrected chi connectivity index (χ1v) is 7.55. The Bertz CT molecular complexity index is 133. The first-order chi connectivity index (χ1) is 6.86. The normalized spacial score (nSPS) is 28.7. The topological polar surface area (TPSA) is 0 Å². The van der Waals surface area contributed by atoms with E-state index in [0.717, 1.165) is 11.8 Å². The molecule has 1 fully saturated rings. The largest absolute Gasteiger partial charge is 0.0928 e. The zero-order valence-corrected chi connectivity index (χ0v) is 11.2. The zero-order chi connectivity index (χ0) is 10.2. The Hall–Kier alpha value is 0.480. The number of alkyl halides is 1. The first-order valence-electron chi connectivity index (χ1n) is 6.42. The van der Waals surface area contributed by atoms with Crippen LogP contribution in [0, 0.1) is 11.8 Å². The monoisotopic (exact) mass is 260 g/mol. The first kappa shape index (κ1) is 12.5. The fraction of sp³-hybridized carbons (Fsp3) is 1.00. The second-order valence-corrected chi connectivity index (χ2v) is 5.65. The lowest BCUT2D eigenvalue weighted by atomic mass is 9.93. The molecular weight excluding hydrogens is 236 g/mol. The molecule has 0 aromatic heterocycles. The average Bonchev–Trinajstić information content (AvgIpc) is 2.41. The van der Waals surface area contributed by atoms with Gasteiger partial charge in [0, 0.05) is 5.33 Å². The van der Waals surface area contributed by atoms with Gasteiger partial charge >= 0.3 is 0 Å². The van der Waals surface area contributed by atoms with Crippen LogP contribution in [0.1, 0.15) is 64.7 Å². The lowest BCUT2D eigenvalue weighted by Gasteiger charge is -2.14. The minimum atomic E-state index is 1.03. The van der Waals surface area contributed by atoms with Crippen LogP contribution in [0.3, 0.4) is 0 Å². The van der Waals surface area contributed by atoms with E-state index in [-0.39, 0.29) is 0 Å². The van der Waals surface area contributed by atoms with Gasteiger partial charge in [-0.2, -0.15) is 0 Å². The van der Waals surface area contributed by atoms with Crippen molar-refractivity contribution < 1.29 is 0 Å². The number of unbranched alkanes of at least 4 members (excludes halogenated alkanes) is 1. The number of halogens is 1. The molecule has 0 N–H and O–H groups in total. The van der Waals surface area contributed by atoms with Gasteiger partial charge < -0.3 is 0 Å². The molecule has 1 aliphatic carbocycles. The van der Waals surface area contributed by atoms with Gasteiger partial charge in [-0.05, 0) is 18.3 Å². The van der Waals surface area contributed by atoms with Gasteiger partial charge in [-0.25, -0.2) is 0 Å². The van der Waals surface area contributed by atoms with Gasteiger partial charge in [-0.15, -0.1) is 0 Å². The molecule has 2 unspecified atom stereocenters. The van der Waals surface area contributed by atoms with Crippen molar-refractivity contribution in [3.8, 4) is 0 Å². The summed E-state index contributed by atoms with van der Waals surface area (Å²) in [6.45, 7) is 2.31. The minimum absolute atomic E-state index is 1.03. The van der Waals surface area contributed by atoms with Crippen LogP contribution < -0.4 is 0 Å².